The predicted octanol–water partition coefficient (Wildman–Crippen LogP) is 6.68. The highest BCUT2D eigenvalue weighted by atomic mass is 35.5. The third-order valence-electron chi connectivity index (χ3n) is 9.33. The first kappa shape index (κ1) is 32.6. The monoisotopic (exact) mass is 633 g/mol. The van der Waals surface area contributed by atoms with Crippen LogP contribution in [-0.4, -0.2) is 55.8 Å². The molecular formula is C34H44ClN7O3. The highest BCUT2D eigenvalue weighted by Crippen LogP contribution is 2.50. The predicted molar refractivity (Wildman–Crippen MR) is 174 cm³/mol. The van der Waals surface area contributed by atoms with E-state index in [4.69, 9.17) is 21.3 Å². The summed E-state index contributed by atoms with van der Waals surface area (Å²) in [5.41, 5.74) is 2.15. The van der Waals surface area contributed by atoms with Crippen LogP contribution in [0.1, 0.15) is 112 Å². The van der Waals surface area contributed by atoms with E-state index in [2.05, 4.69) is 58.5 Å². The van der Waals surface area contributed by atoms with Gasteiger partial charge in [0.25, 0.3) is 11.8 Å². The summed E-state index contributed by atoms with van der Waals surface area (Å²) in [6.45, 7) is 9.25. The van der Waals surface area contributed by atoms with Crippen molar-refractivity contribution in [3.05, 3.63) is 70.0 Å². The topological polar surface area (TPSA) is 125 Å². The lowest BCUT2D eigenvalue weighted by atomic mass is 9.69. The summed E-state index contributed by atoms with van der Waals surface area (Å²) in [6.07, 6.45) is 7.48. The molecule has 1 aliphatic heterocycles. The molecule has 0 saturated heterocycles. The summed E-state index contributed by atoms with van der Waals surface area (Å²) < 4.78 is 5.49. The van der Waals surface area contributed by atoms with Gasteiger partial charge in [0.1, 0.15) is 17.1 Å². The third kappa shape index (κ3) is 7.21. The summed E-state index contributed by atoms with van der Waals surface area (Å²) in [5, 5.41) is 17.0. The quantitative estimate of drug-likeness (QED) is 0.227. The van der Waals surface area contributed by atoms with Crippen LogP contribution in [0.5, 0.6) is 5.75 Å². The summed E-state index contributed by atoms with van der Waals surface area (Å²) in [7, 11) is 1.59. The van der Waals surface area contributed by atoms with Crippen molar-refractivity contribution in [1.82, 2.24) is 30.8 Å². The molecule has 45 heavy (non-hydrogen) atoms. The van der Waals surface area contributed by atoms with Crippen molar-refractivity contribution in [1.29, 1.82) is 0 Å². The number of carbonyl (C=O) groups is 2. The number of unbranched alkanes of at least 4 members (excludes halogenated alkanes) is 2. The second-order valence-electron chi connectivity index (χ2n) is 13.3. The Morgan fingerprint density at radius 1 is 1.16 bits per heavy atom. The molecule has 3 aromatic rings. The van der Waals surface area contributed by atoms with E-state index < -0.39 is 5.66 Å². The number of benzene rings is 2. The van der Waals surface area contributed by atoms with Gasteiger partial charge < -0.3 is 15.0 Å². The van der Waals surface area contributed by atoms with Crippen molar-refractivity contribution in [3.8, 4) is 5.75 Å². The molecule has 1 aliphatic carbocycles. The average molecular weight is 634 g/mol. The Morgan fingerprint density at radius 3 is 2.51 bits per heavy atom. The Morgan fingerprint density at radius 2 is 1.89 bits per heavy atom. The van der Waals surface area contributed by atoms with Gasteiger partial charge in [0.2, 0.25) is 0 Å². The van der Waals surface area contributed by atoms with Crippen LogP contribution in [-0.2, 0) is 11.3 Å². The van der Waals surface area contributed by atoms with Crippen LogP contribution in [0.25, 0.3) is 0 Å². The van der Waals surface area contributed by atoms with Crippen LogP contribution in [0.2, 0.25) is 5.02 Å². The number of rotatable bonds is 11. The molecule has 0 bridgehead atoms. The summed E-state index contributed by atoms with van der Waals surface area (Å²) >= 11 is 6.47. The van der Waals surface area contributed by atoms with Gasteiger partial charge in [0.05, 0.1) is 19.7 Å². The number of nitrogens with one attached hydrogen (secondary N) is 2. The molecule has 1 fully saturated rings. The number of tetrazole rings is 1. The Bertz CT molecular complexity index is 1510. The van der Waals surface area contributed by atoms with Crippen LogP contribution in [0.15, 0.2) is 47.5 Å². The molecule has 2 aromatic carbocycles. The van der Waals surface area contributed by atoms with Crippen molar-refractivity contribution >= 4 is 29.1 Å². The van der Waals surface area contributed by atoms with Crippen molar-refractivity contribution in [3.63, 3.8) is 0 Å². The molecule has 1 saturated carbocycles. The van der Waals surface area contributed by atoms with Crippen LogP contribution < -0.4 is 10.1 Å². The van der Waals surface area contributed by atoms with Crippen LogP contribution in [0.4, 0.5) is 0 Å². The maximum Gasteiger partial charge on any atom is 0.275 e. The molecule has 2 aliphatic rings. The molecular weight excluding hydrogens is 590 g/mol. The zero-order valence-electron chi connectivity index (χ0n) is 26.9. The Kier molecular flexibility index (Phi) is 9.91. The SMILES string of the molecule is CCCCC[C@H](c1ccc(C(=O)NCc2nn[nH]n2)cc1)N1C(=O)C(c2cc(Cl)cc(OC)c2)=NC12CCC(C(C)(C)C)CC2. The number of hydrogen-bond acceptors (Lipinski definition) is 7. The number of H-pyrrole nitrogens is 1. The van der Waals surface area contributed by atoms with Gasteiger partial charge in [-0.3, -0.25) is 14.6 Å². The van der Waals surface area contributed by atoms with Crippen molar-refractivity contribution in [2.45, 2.75) is 97.3 Å². The molecule has 1 spiro atoms. The lowest BCUT2D eigenvalue weighted by Crippen LogP contribution is -2.51. The highest BCUT2D eigenvalue weighted by Gasteiger charge is 2.52. The van der Waals surface area contributed by atoms with Gasteiger partial charge in [0, 0.05) is 16.1 Å². The summed E-state index contributed by atoms with van der Waals surface area (Å²) in [4.78, 5) is 34.9. The van der Waals surface area contributed by atoms with E-state index in [0.29, 0.717) is 39.4 Å². The van der Waals surface area contributed by atoms with Gasteiger partial charge >= 0.3 is 0 Å². The van der Waals surface area contributed by atoms with Gasteiger partial charge in [-0.05, 0) is 79.3 Å². The standard InChI is InChI=1S/C34H44ClN7O3/c1-6-7-8-9-28(22-10-12-23(13-11-22)31(43)36-21-29-38-40-41-39-29)42-32(44)30(24-18-26(35)20-27(19-24)45-5)37-34(42)16-14-25(15-17-34)33(2,3)4/h10-13,18-20,25,28H,6-9,14-17,21H2,1-5H3,(H,36,43)(H,38,39,40,41)/t25?,28-,34?/m1/s1. The molecule has 0 radical (unpaired) electrons. The van der Waals surface area contributed by atoms with E-state index in [0.717, 1.165) is 56.9 Å². The normalized spacial score (nSPS) is 20.8. The zero-order chi connectivity index (χ0) is 32.2. The van der Waals surface area contributed by atoms with Gasteiger partial charge in [-0.2, -0.15) is 5.21 Å². The van der Waals surface area contributed by atoms with E-state index in [-0.39, 0.29) is 29.8 Å². The molecule has 5 rings (SSSR count). The first-order valence-corrected chi connectivity index (χ1v) is 16.3. The van der Waals surface area contributed by atoms with Crippen molar-refractivity contribution in [2.24, 2.45) is 16.3 Å². The number of amides is 2. The lowest BCUT2D eigenvalue weighted by Gasteiger charge is -2.47. The molecule has 10 nitrogen and oxygen atoms in total. The van der Waals surface area contributed by atoms with E-state index in [9.17, 15) is 9.59 Å². The molecule has 0 unspecified atom stereocenters. The van der Waals surface area contributed by atoms with Crippen molar-refractivity contribution < 1.29 is 14.3 Å². The number of methoxy groups -OCH3 is 1. The smallest absolute Gasteiger partial charge is 0.275 e. The number of aromatic nitrogens is 4. The number of carbonyl (C=O) groups excluding carboxylic acids is 2. The van der Waals surface area contributed by atoms with Gasteiger partial charge in [-0.25, -0.2) is 0 Å². The second-order valence-corrected chi connectivity index (χ2v) is 13.7. The van der Waals surface area contributed by atoms with E-state index >= 15 is 0 Å². The minimum Gasteiger partial charge on any atom is -0.497 e. The number of ether oxygens (including phenoxy) is 1. The van der Waals surface area contributed by atoms with Gasteiger partial charge in [-0.1, -0.05) is 75.9 Å². The number of nitrogens with zero attached hydrogens (tertiary/aromatic N) is 5. The first-order valence-electron chi connectivity index (χ1n) is 15.9. The number of hydrogen-bond donors (Lipinski definition) is 2. The first-order chi connectivity index (χ1) is 21.5. The fraction of sp³-hybridized carbons (Fsp3) is 0.529. The Hall–Kier alpha value is -3.79. The zero-order valence-corrected chi connectivity index (χ0v) is 27.7. The van der Waals surface area contributed by atoms with Gasteiger partial charge in [0.15, 0.2) is 5.82 Å². The third-order valence-corrected chi connectivity index (χ3v) is 9.55. The van der Waals surface area contributed by atoms with Crippen LogP contribution in [0, 0.1) is 11.3 Å². The van der Waals surface area contributed by atoms with E-state index in [1.807, 2.05) is 30.3 Å². The molecule has 11 heteroatoms. The molecule has 2 amide bonds. The average Bonchev–Trinajstić information content (AvgIpc) is 3.64. The largest absolute Gasteiger partial charge is 0.497 e. The second kappa shape index (κ2) is 13.7. The fourth-order valence-electron chi connectivity index (χ4n) is 6.76. The lowest BCUT2D eigenvalue weighted by molar-refractivity contribution is -0.133. The number of aliphatic imine (C=N–C) groups is 1. The Labute approximate surface area is 270 Å². The summed E-state index contributed by atoms with van der Waals surface area (Å²) in [5.74, 6) is 1.22. The minimum atomic E-state index is -0.652. The highest BCUT2D eigenvalue weighted by molar-refractivity contribution is 6.47. The molecule has 2 heterocycles. The molecule has 1 aromatic heterocycles. The molecule has 240 valence electrons. The summed E-state index contributed by atoms with van der Waals surface area (Å²) in [6, 6.07) is 12.8. The maximum atomic E-state index is 14.6. The maximum absolute atomic E-state index is 14.6. The number of aromatic amines is 1. The van der Waals surface area contributed by atoms with Gasteiger partial charge in [-0.15, -0.1) is 10.2 Å². The Balaban J connectivity index is 1.49. The molecule has 2 N–H and O–H groups in total. The van der Waals surface area contributed by atoms with Crippen LogP contribution >= 0.6 is 11.6 Å². The van der Waals surface area contributed by atoms with Crippen LogP contribution in [0.3, 0.4) is 0 Å². The number of halogens is 1. The van der Waals surface area contributed by atoms with Crippen molar-refractivity contribution in [2.75, 3.05) is 7.11 Å². The molecule has 1 atom stereocenters. The van der Waals surface area contributed by atoms with E-state index in [1.165, 1.54) is 0 Å². The fourth-order valence-corrected chi connectivity index (χ4v) is 6.98. The van der Waals surface area contributed by atoms with E-state index in [1.54, 1.807) is 19.2 Å². The minimum absolute atomic E-state index is 0.0861.